The van der Waals surface area contributed by atoms with Gasteiger partial charge in [0.05, 0.1) is 13.2 Å². The first-order valence-corrected chi connectivity index (χ1v) is 23.2. The van der Waals surface area contributed by atoms with E-state index < -0.39 is 26.5 Å². The Morgan fingerprint density at radius 2 is 0.981 bits per heavy atom. The molecule has 0 saturated heterocycles. The van der Waals surface area contributed by atoms with Crippen LogP contribution in [0.15, 0.2) is 12.2 Å². The van der Waals surface area contributed by atoms with Crippen LogP contribution in [-0.2, 0) is 27.9 Å². The molecule has 52 heavy (non-hydrogen) atoms. The summed E-state index contributed by atoms with van der Waals surface area (Å²) in [6, 6.07) is 0. The van der Waals surface area contributed by atoms with Gasteiger partial charge >= 0.3 is 13.8 Å². The van der Waals surface area contributed by atoms with E-state index in [9.17, 15) is 24.2 Å². The highest BCUT2D eigenvalue weighted by Gasteiger charge is 2.23. The SMILES string of the molecule is CCCCCCCCC/C=C\CCCCCCCCCC(=O)OCC(O)COP(=O)(O)OCCNC(=O)CCCCCCCCCCCCCCC. The fourth-order valence-electron chi connectivity index (χ4n) is 6.14. The van der Waals surface area contributed by atoms with Crippen molar-refractivity contribution < 1.29 is 37.9 Å². The average Bonchev–Trinajstić information content (AvgIpc) is 3.13. The van der Waals surface area contributed by atoms with E-state index in [2.05, 4.69) is 31.3 Å². The number of amides is 1. The summed E-state index contributed by atoms with van der Waals surface area (Å²) in [7, 11) is -4.41. The molecule has 0 heterocycles. The molecular formula is C42H82NO8P. The van der Waals surface area contributed by atoms with Crippen molar-refractivity contribution in [2.24, 2.45) is 0 Å². The molecule has 0 saturated carbocycles. The molecule has 10 heteroatoms. The summed E-state index contributed by atoms with van der Waals surface area (Å²) in [6.07, 6.45) is 39.9. The lowest BCUT2D eigenvalue weighted by Crippen LogP contribution is -2.27. The molecule has 2 unspecified atom stereocenters. The number of allylic oxidation sites excluding steroid dienone is 2. The number of hydrogen-bond acceptors (Lipinski definition) is 7. The third-order valence-electron chi connectivity index (χ3n) is 9.45. The number of esters is 1. The summed E-state index contributed by atoms with van der Waals surface area (Å²) in [6.45, 7) is 3.57. The van der Waals surface area contributed by atoms with Gasteiger partial charge in [-0.2, -0.15) is 0 Å². The number of hydrogen-bond donors (Lipinski definition) is 3. The van der Waals surface area contributed by atoms with Crippen LogP contribution in [0.1, 0.15) is 213 Å². The molecule has 0 fully saturated rings. The number of nitrogens with one attached hydrogen (secondary N) is 1. The third kappa shape index (κ3) is 39.9. The minimum absolute atomic E-state index is 0.0857. The van der Waals surface area contributed by atoms with Crippen molar-refractivity contribution in [2.45, 2.75) is 219 Å². The average molecular weight is 760 g/mol. The molecule has 1 amide bonds. The second kappa shape index (κ2) is 39.4. The summed E-state index contributed by atoms with van der Waals surface area (Å²) in [5.74, 6) is -0.513. The van der Waals surface area contributed by atoms with Gasteiger partial charge in [-0.15, -0.1) is 0 Å². The van der Waals surface area contributed by atoms with Crippen LogP contribution >= 0.6 is 7.82 Å². The number of carbonyl (C=O) groups is 2. The quantitative estimate of drug-likeness (QED) is 0.0243. The second-order valence-electron chi connectivity index (χ2n) is 14.7. The number of phosphoric acid groups is 1. The van der Waals surface area contributed by atoms with Crippen LogP contribution in [0.5, 0.6) is 0 Å². The smallest absolute Gasteiger partial charge is 0.463 e. The van der Waals surface area contributed by atoms with Crippen LogP contribution in [0.25, 0.3) is 0 Å². The summed E-state index contributed by atoms with van der Waals surface area (Å²) < 4.78 is 26.8. The zero-order valence-corrected chi connectivity index (χ0v) is 34.7. The van der Waals surface area contributed by atoms with Crippen molar-refractivity contribution in [3.8, 4) is 0 Å². The van der Waals surface area contributed by atoms with Gasteiger partial charge in [-0.3, -0.25) is 18.6 Å². The molecule has 0 aliphatic heterocycles. The molecule has 0 aromatic carbocycles. The Balaban J connectivity index is 3.58. The van der Waals surface area contributed by atoms with Crippen LogP contribution in [0.3, 0.4) is 0 Å². The molecule has 3 N–H and O–H groups in total. The Kier molecular flexibility index (Phi) is 38.5. The maximum atomic E-state index is 12.1. The molecule has 0 aromatic rings. The van der Waals surface area contributed by atoms with Crippen LogP contribution < -0.4 is 5.32 Å². The molecule has 0 rings (SSSR count). The van der Waals surface area contributed by atoms with Gasteiger partial charge in [-0.25, -0.2) is 4.57 Å². The van der Waals surface area contributed by atoms with E-state index in [4.69, 9.17) is 13.8 Å². The predicted octanol–water partition coefficient (Wildman–Crippen LogP) is 11.8. The normalized spacial score (nSPS) is 13.4. The fraction of sp³-hybridized carbons (Fsp3) is 0.905. The summed E-state index contributed by atoms with van der Waals surface area (Å²) in [4.78, 5) is 33.9. The molecule has 0 bridgehead atoms. The van der Waals surface area contributed by atoms with E-state index in [1.54, 1.807) is 0 Å². The Morgan fingerprint density at radius 1 is 0.577 bits per heavy atom. The summed E-state index contributed by atoms with van der Waals surface area (Å²) >= 11 is 0. The molecule has 0 aromatic heterocycles. The van der Waals surface area contributed by atoms with Crippen LogP contribution in [0.2, 0.25) is 0 Å². The van der Waals surface area contributed by atoms with Crippen molar-refractivity contribution in [1.29, 1.82) is 0 Å². The predicted molar refractivity (Wildman–Crippen MR) is 215 cm³/mol. The molecule has 0 spiro atoms. The number of ether oxygens (including phenoxy) is 1. The van der Waals surface area contributed by atoms with Gasteiger partial charge in [0, 0.05) is 19.4 Å². The van der Waals surface area contributed by atoms with Crippen molar-refractivity contribution >= 4 is 19.7 Å². The van der Waals surface area contributed by atoms with Gasteiger partial charge in [-0.1, -0.05) is 174 Å². The zero-order valence-electron chi connectivity index (χ0n) is 33.8. The van der Waals surface area contributed by atoms with E-state index >= 15 is 0 Å². The van der Waals surface area contributed by atoms with E-state index in [0.717, 1.165) is 38.5 Å². The number of aliphatic hydroxyl groups is 1. The molecular weight excluding hydrogens is 677 g/mol. The summed E-state index contributed by atoms with van der Waals surface area (Å²) in [5.41, 5.74) is 0. The van der Waals surface area contributed by atoms with Gasteiger partial charge in [0.25, 0.3) is 0 Å². The summed E-state index contributed by atoms with van der Waals surface area (Å²) in [5, 5.41) is 12.7. The second-order valence-corrected chi connectivity index (χ2v) is 16.1. The third-order valence-corrected chi connectivity index (χ3v) is 10.4. The first-order valence-electron chi connectivity index (χ1n) is 21.7. The van der Waals surface area contributed by atoms with Gasteiger partial charge in [0.15, 0.2) is 0 Å². The lowest BCUT2D eigenvalue weighted by molar-refractivity contribution is -0.147. The minimum atomic E-state index is -4.41. The topological polar surface area (TPSA) is 131 Å². The van der Waals surface area contributed by atoms with E-state index in [1.807, 2.05) is 0 Å². The highest BCUT2D eigenvalue weighted by molar-refractivity contribution is 7.47. The molecule has 9 nitrogen and oxygen atoms in total. The lowest BCUT2D eigenvalue weighted by Gasteiger charge is -2.15. The van der Waals surface area contributed by atoms with Crippen molar-refractivity contribution in [1.82, 2.24) is 5.32 Å². The number of phosphoric ester groups is 1. The van der Waals surface area contributed by atoms with Crippen molar-refractivity contribution in [2.75, 3.05) is 26.4 Å². The number of rotatable bonds is 41. The van der Waals surface area contributed by atoms with Crippen LogP contribution in [-0.4, -0.2) is 54.3 Å². The van der Waals surface area contributed by atoms with Gasteiger partial charge in [0.1, 0.15) is 12.7 Å². The standard InChI is InChI=1S/C42H82NO8P/c1-3-5-7-9-11-13-15-17-18-19-20-21-23-25-27-29-31-33-35-42(46)49-38-40(44)39-51-52(47,48)50-37-36-43-41(45)34-32-30-28-26-24-22-16-14-12-10-8-6-4-2/h18-19,40,44H,3-17,20-39H2,1-2H3,(H,43,45)(H,47,48)/b19-18-. The monoisotopic (exact) mass is 760 g/mol. The highest BCUT2D eigenvalue weighted by Crippen LogP contribution is 2.42. The van der Waals surface area contributed by atoms with Crippen LogP contribution in [0, 0.1) is 0 Å². The Morgan fingerprint density at radius 3 is 1.44 bits per heavy atom. The lowest BCUT2D eigenvalue weighted by atomic mass is 10.0. The van der Waals surface area contributed by atoms with Gasteiger partial charge < -0.3 is 20.1 Å². The van der Waals surface area contributed by atoms with Gasteiger partial charge in [0.2, 0.25) is 5.91 Å². The van der Waals surface area contributed by atoms with E-state index in [-0.39, 0.29) is 32.1 Å². The number of carbonyl (C=O) groups excluding carboxylic acids is 2. The molecule has 0 aliphatic carbocycles. The first kappa shape index (κ1) is 50.8. The Labute approximate surface area is 319 Å². The number of aliphatic hydroxyl groups excluding tert-OH is 1. The van der Waals surface area contributed by atoms with E-state index in [0.29, 0.717) is 6.42 Å². The minimum Gasteiger partial charge on any atom is -0.463 e. The van der Waals surface area contributed by atoms with Gasteiger partial charge in [-0.05, 0) is 38.5 Å². The highest BCUT2D eigenvalue weighted by atomic mass is 31.2. The first-order chi connectivity index (χ1) is 25.3. The zero-order chi connectivity index (χ0) is 38.2. The fourth-order valence-corrected chi connectivity index (χ4v) is 6.90. The molecule has 2 atom stereocenters. The Bertz CT molecular complexity index is 871. The molecule has 0 aliphatic rings. The van der Waals surface area contributed by atoms with Crippen LogP contribution in [0.4, 0.5) is 0 Å². The number of unbranched alkanes of at least 4 members (excludes halogenated alkanes) is 26. The maximum absolute atomic E-state index is 12.1. The van der Waals surface area contributed by atoms with Crippen molar-refractivity contribution in [3.05, 3.63) is 12.2 Å². The van der Waals surface area contributed by atoms with E-state index in [1.165, 1.54) is 148 Å². The molecule has 308 valence electrons. The molecule has 0 radical (unpaired) electrons. The largest absolute Gasteiger partial charge is 0.472 e. The maximum Gasteiger partial charge on any atom is 0.472 e. The Hall–Kier alpha value is -1.25. The van der Waals surface area contributed by atoms with Crippen molar-refractivity contribution in [3.63, 3.8) is 0 Å².